The Labute approximate surface area is 158 Å². The number of rotatable bonds is 7. The van der Waals surface area contributed by atoms with E-state index >= 15 is 0 Å². The molecule has 1 aromatic carbocycles. The largest absolute Gasteiger partial charge is 0.497 e. The SMILES string of the molecule is COc1ccc(OC)c(C2CCCN2CC(=O)NC(C)c2cccs2)c1. The van der Waals surface area contributed by atoms with Crippen molar-refractivity contribution >= 4 is 17.2 Å². The van der Waals surface area contributed by atoms with Crippen LogP contribution < -0.4 is 14.8 Å². The lowest BCUT2D eigenvalue weighted by molar-refractivity contribution is -0.123. The molecule has 0 spiro atoms. The van der Waals surface area contributed by atoms with Crippen molar-refractivity contribution in [3.05, 3.63) is 46.2 Å². The minimum absolute atomic E-state index is 0.0370. The van der Waals surface area contributed by atoms with Crippen LogP contribution in [0.5, 0.6) is 11.5 Å². The van der Waals surface area contributed by atoms with Gasteiger partial charge in [-0.1, -0.05) is 6.07 Å². The minimum atomic E-state index is 0.0370. The highest BCUT2D eigenvalue weighted by Crippen LogP contribution is 2.38. The van der Waals surface area contributed by atoms with Crippen molar-refractivity contribution in [3.63, 3.8) is 0 Å². The van der Waals surface area contributed by atoms with Crippen molar-refractivity contribution in [2.24, 2.45) is 0 Å². The number of nitrogens with zero attached hydrogens (tertiary/aromatic N) is 1. The van der Waals surface area contributed by atoms with Gasteiger partial charge in [0.1, 0.15) is 11.5 Å². The number of hydrogen-bond acceptors (Lipinski definition) is 5. The fourth-order valence-electron chi connectivity index (χ4n) is 3.55. The van der Waals surface area contributed by atoms with Crippen LogP contribution in [0.4, 0.5) is 0 Å². The van der Waals surface area contributed by atoms with Crippen molar-refractivity contribution in [2.45, 2.75) is 31.8 Å². The molecule has 2 aromatic rings. The average Bonchev–Trinajstić information content (AvgIpc) is 3.33. The first-order chi connectivity index (χ1) is 12.6. The van der Waals surface area contributed by atoms with E-state index in [2.05, 4.69) is 16.3 Å². The molecule has 3 rings (SSSR count). The average molecular weight is 375 g/mol. The first-order valence-corrected chi connectivity index (χ1v) is 9.79. The van der Waals surface area contributed by atoms with E-state index in [1.54, 1.807) is 25.6 Å². The monoisotopic (exact) mass is 374 g/mol. The summed E-state index contributed by atoms with van der Waals surface area (Å²) < 4.78 is 10.9. The summed E-state index contributed by atoms with van der Waals surface area (Å²) in [5.41, 5.74) is 1.09. The number of ether oxygens (including phenoxy) is 2. The van der Waals surface area contributed by atoms with Crippen LogP contribution in [-0.2, 0) is 4.79 Å². The summed E-state index contributed by atoms with van der Waals surface area (Å²) in [6.07, 6.45) is 2.08. The molecule has 2 heterocycles. The molecule has 2 atom stereocenters. The third-order valence-corrected chi connectivity index (χ3v) is 5.91. The minimum Gasteiger partial charge on any atom is -0.497 e. The van der Waals surface area contributed by atoms with Gasteiger partial charge in [0, 0.05) is 16.5 Å². The molecule has 1 fully saturated rings. The van der Waals surface area contributed by atoms with Gasteiger partial charge in [0.2, 0.25) is 5.91 Å². The van der Waals surface area contributed by atoms with Crippen molar-refractivity contribution < 1.29 is 14.3 Å². The van der Waals surface area contributed by atoms with E-state index in [9.17, 15) is 4.79 Å². The van der Waals surface area contributed by atoms with Crippen LogP contribution in [0.25, 0.3) is 0 Å². The smallest absolute Gasteiger partial charge is 0.234 e. The third-order valence-electron chi connectivity index (χ3n) is 4.85. The fourth-order valence-corrected chi connectivity index (χ4v) is 4.28. The summed E-state index contributed by atoms with van der Waals surface area (Å²) in [5, 5.41) is 5.14. The Kier molecular flexibility index (Phi) is 6.16. The normalized spacial score (nSPS) is 18.5. The molecule has 0 saturated carbocycles. The molecule has 1 saturated heterocycles. The van der Waals surface area contributed by atoms with Gasteiger partial charge in [0.25, 0.3) is 0 Å². The summed E-state index contributed by atoms with van der Waals surface area (Å²) in [7, 11) is 3.34. The zero-order chi connectivity index (χ0) is 18.5. The van der Waals surface area contributed by atoms with Crippen molar-refractivity contribution in [3.8, 4) is 11.5 Å². The van der Waals surface area contributed by atoms with Crippen molar-refractivity contribution in [1.29, 1.82) is 0 Å². The van der Waals surface area contributed by atoms with Gasteiger partial charge in [-0.15, -0.1) is 11.3 Å². The topological polar surface area (TPSA) is 50.8 Å². The van der Waals surface area contributed by atoms with E-state index in [1.807, 2.05) is 36.6 Å². The number of nitrogens with one attached hydrogen (secondary N) is 1. The van der Waals surface area contributed by atoms with E-state index in [0.717, 1.165) is 36.4 Å². The zero-order valence-electron chi connectivity index (χ0n) is 15.5. The van der Waals surface area contributed by atoms with Gasteiger partial charge in [0.05, 0.1) is 26.8 Å². The van der Waals surface area contributed by atoms with Crippen LogP contribution in [0, 0.1) is 0 Å². The molecule has 1 aromatic heterocycles. The molecule has 0 bridgehead atoms. The molecule has 2 unspecified atom stereocenters. The van der Waals surface area contributed by atoms with Crippen LogP contribution >= 0.6 is 11.3 Å². The number of carbonyl (C=O) groups is 1. The first kappa shape index (κ1) is 18.7. The Hall–Kier alpha value is -2.05. The van der Waals surface area contributed by atoms with Gasteiger partial charge < -0.3 is 14.8 Å². The Morgan fingerprint density at radius 3 is 2.88 bits per heavy atom. The Morgan fingerprint density at radius 2 is 2.19 bits per heavy atom. The predicted octanol–water partition coefficient (Wildman–Crippen LogP) is 3.78. The second kappa shape index (κ2) is 8.56. The molecule has 6 heteroatoms. The molecule has 1 aliphatic heterocycles. The lowest BCUT2D eigenvalue weighted by Gasteiger charge is -2.26. The molecule has 140 valence electrons. The van der Waals surface area contributed by atoms with E-state index in [-0.39, 0.29) is 18.0 Å². The number of methoxy groups -OCH3 is 2. The first-order valence-electron chi connectivity index (χ1n) is 8.91. The van der Waals surface area contributed by atoms with Crippen LogP contribution in [0.15, 0.2) is 35.7 Å². The number of thiophene rings is 1. The Balaban J connectivity index is 1.69. The third kappa shape index (κ3) is 4.19. The summed E-state index contributed by atoms with van der Waals surface area (Å²) in [5.74, 6) is 1.71. The second-order valence-corrected chi connectivity index (χ2v) is 7.52. The summed E-state index contributed by atoms with van der Waals surface area (Å²) in [6, 6.07) is 10.1. The standard InChI is InChI=1S/C20H26N2O3S/c1-14(19-7-5-11-26-19)21-20(23)13-22-10-4-6-17(22)16-12-15(24-2)8-9-18(16)25-3/h5,7-9,11-12,14,17H,4,6,10,13H2,1-3H3,(H,21,23). The summed E-state index contributed by atoms with van der Waals surface area (Å²) in [6.45, 7) is 3.32. The van der Waals surface area contributed by atoms with Crippen LogP contribution in [0.3, 0.4) is 0 Å². The maximum absolute atomic E-state index is 12.6. The highest BCUT2D eigenvalue weighted by molar-refractivity contribution is 7.10. The van der Waals surface area contributed by atoms with Gasteiger partial charge in [-0.3, -0.25) is 9.69 Å². The van der Waals surface area contributed by atoms with E-state index < -0.39 is 0 Å². The number of hydrogen-bond donors (Lipinski definition) is 1. The molecular formula is C20H26N2O3S. The maximum Gasteiger partial charge on any atom is 0.234 e. The predicted molar refractivity (Wildman–Crippen MR) is 104 cm³/mol. The highest BCUT2D eigenvalue weighted by atomic mass is 32.1. The van der Waals surface area contributed by atoms with E-state index in [4.69, 9.17) is 9.47 Å². The maximum atomic E-state index is 12.6. The van der Waals surface area contributed by atoms with Gasteiger partial charge in [-0.2, -0.15) is 0 Å². The van der Waals surface area contributed by atoms with E-state index in [0.29, 0.717) is 6.54 Å². The highest BCUT2D eigenvalue weighted by Gasteiger charge is 2.30. The summed E-state index contributed by atoms with van der Waals surface area (Å²) >= 11 is 1.66. The molecule has 0 aliphatic carbocycles. The van der Waals surface area contributed by atoms with Gasteiger partial charge >= 0.3 is 0 Å². The molecule has 5 nitrogen and oxygen atoms in total. The van der Waals surface area contributed by atoms with Crippen molar-refractivity contribution in [1.82, 2.24) is 10.2 Å². The Morgan fingerprint density at radius 1 is 1.35 bits per heavy atom. The quantitative estimate of drug-likeness (QED) is 0.801. The number of likely N-dealkylation sites (tertiary alicyclic amines) is 1. The van der Waals surface area contributed by atoms with E-state index in [1.165, 1.54) is 4.88 Å². The van der Waals surface area contributed by atoms with Crippen LogP contribution in [0.2, 0.25) is 0 Å². The van der Waals surface area contributed by atoms with Crippen LogP contribution in [-0.4, -0.2) is 38.1 Å². The second-order valence-electron chi connectivity index (χ2n) is 6.54. The van der Waals surface area contributed by atoms with Gasteiger partial charge in [-0.25, -0.2) is 0 Å². The lowest BCUT2D eigenvalue weighted by Crippen LogP contribution is -2.38. The van der Waals surface area contributed by atoms with Gasteiger partial charge in [-0.05, 0) is 56.0 Å². The fraction of sp³-hybridized carbons (Fsp3) is 0.450. The molecular weight excluding hydrogens is 348 g/mol. The summed E-state index contributed by atoms with van der Waals surface area (Å²) in [4.78, 5) is 16.0. The molecule has 1 N–H and O–H groups in total. The number of carbonyl (C=O) groups excluding carboxylic acids is 1. The van der Waals surface area contributed by atoms with Gasteiger partial charge in [0.15, 0.2) is 0 Å². The molecule has 26 heavy (non-hydrogen) atoms. The zero-order valence-corrected chi connectivity index (χ0v) is 16.3. The number of benzene rings is 1. The number of amides is 1. The lowest BCUT2D eigenvalue weighted by atomic mass is 10.0. The van der Waals surface area contributed by atoms with Crippen LogP contribution in [0.1, 0.15) is 42.3 Å². The molecule has 1 aliphatic rings. The van der Waals surface area contributed by atoms with Crippen molar-refractivity contribution in [2.75, 3.05) is 27.3 Å². The molecule has 1 amide bonds. The molecule has 0 radical (unpaired) electrons. The Bertz CT molecular complexity index is 733.